The van der Waals surface area contributed by atoms with E-state index in [0.717, 1.165) is 62.8 Å². The number of alkyl halides is 2. The molecule has 7 heteroatoms. The molecule has 1 radical (unpaired) electrons. The number of allylic oxidation sites excluding steroid dienone is 2. The highest BCUT2D eigenvalue weighted by Gasteiger charge is 2.37. The Bertz CT molecular complexity index is 745. The van der Waals surface area contributed by atoms with E-state index in [1.54, 1.807) is 6.08 Å². The van der Waals surface area contributed by atoms with E-state index in [2.05, 4.69) is 0 Å². The third kappa shape index (κ3) is 5.97. The van der Waals surface area contributed by atoms with Crippen LogP contribution in [0.25, 0.3) is 6.08 Å². The molecule has 0 saturated heterocycles. The highest BCUT2D eigenvalue weighted by atomic mass is 19.3. The summed E-state index contributed by atoms with van der Waals surface area (Å²) in [6.07, 6.45) is 14.0. The highest BCUT2D eigenvalue weighted by molar-refractivity contribution is 6.33. The molecule has 2 aliphatic heterocycles. The molecule has 4 nitrogen and oxygen atoms in total. The largest absolute Gasteiger partial charge is 0.481 e. The van der Waals surface area contributed by atoms with Gasteiger partial charge in [-0.05, 0) is 43.7 Å². The van der Waals surface area contributed by atoms with Crippen LogP contribution in [0.1, 0.15) is 76.3 Å². The smallest absolute Gasteiger partial charge is 0.400 e. The van der Waals surface area contributed by atoms with E-state index in [-0.39, 0.29) is 6.42 Å². The molecule has 157 valence electrons. The van der Waals surface area contributed by atoms with Gasteiger partial charge in [-0.25, -0.2) is 8.78 Å². The van der Waals surface area contributed by atoms with Crippen LogP contribution in [0.4, 0.5) is 8.78 Å². The van der Waals surface area contributed by atoms with Crippen molar-refractivity contribution in [3.05, 3.63) is 41.5 Å². The fourth-order valence-corrected chi connectivity index (χ4v) is 4.14. The summed E-state index contributed by atoms with van der Waals surface area (Å²) in [6.45, 7) is 0. The molecule has 0 aliphatic carbocycles. The average Bonchev–Trinajstić information content (AvgIpc) is 3.28. The number of rotatable bonds is 13. The minimum Gasteiger partial charge on any atom is -0.481 e. The van der Waals surface area contributed by atoms with Crippen molar-refractivity contribution in [1.29, 1.82) is 0 Å². The van der Waals surface area contributed by atoms with Crippen LogP contribution in [0.3, 0.4) is 0 Å². The van der Waals surface area contributed by atoms with E-state index < -0.39 is 18.3 Å². The molecular weight excluding hydrogens is 373 g/mol. The van der Waals surface area contributed by atoms with Crippen molar-refractivity contribution in [2.45, 2.75) is 77.1 Å². The molecule has 1 unspecified atom stereocenters. The summed E-state index contributed by atoms with van der Waals surface area (Å²) in [5.41, 5.74) is 2.61. The second-order valence-corrected chi connectivity index (χ2v) is 7.99. The van der Waals surface area contributed by atoms with E-state index in [9.17, 15) is 13.6 Å². The van der Waals surface area contributed by atoms with Crippen molar-refractivity contribution >= 4 is 19.6 Å². The molecule has 3 heterocycles. The second-order valence-electron chi connectivity index (χ2n) is 7.99. The number of carboxylic acid groups (broad SMARTS) is 1. The van der Waals surface area contributed by atoms with Gasteiger partial charge < -0.3 is 14.4 Å². The van der Waals surface area contributed by atoms with Gasteiger partial charge in [0.2, 0.25) is 6.43 Å². The lowest BCUT2D eigenvalue weighted by atomic mass is 9.97. The number of carboxylic acids is 1. The Balaban J connectivity index is 1.34. The van der Waals surface area contributed by atoms with Crippen molar-refractivity contribution in [2.75, 3.05) is 0 Å². The van der Waals surface area contributed by atoms with Crippen LogP contribution in [-0.2, 0) is 4.79 Å². The first-order chi connectivity index (χ1) is 14.1. The van der Waals surface area contributed by atoms with Gasteiger partial charge in [-0.2, -0.15) is 0 Å². The van der Waals surface area contributed by atoms with Gasteiger partial charge in [-0.1, -0.05) is 51.0 Å². The van der Waals surface area contributed by atoms with Gasteiger partial charge in [0.05, 0.1) is 5.92 Å². The summed E-state index contributed by atoms with van der Waals surface area (Å²) in [5.74, 6) is -1.52. The van der Waals surface area contributed by atoms with Crippen molar-refractivity contribution in [1.82, 2.24) is 9.29 Å². The Labute approximate surface area is 172 Å². The van der Waals surface area contributed by atoms with Crippen LogP contribution >= 0.6 is 0 Å². The van der Waals surface area contributed by atoms with Crippen molar-refractivity contribution in [3.8, 4) is 0 Å². The molecule has 0 amide bonds. The summed E-state index contributed by atoms with van der Waals surface area (Å²) in [5, 5.41) is 8.60. The quantitative estimate of drug-likeness (QED) is 0.340. The summed E-state index contributed by atoms with van der Waals surface area (Å²) in [4.78, 5) is 12.4. The zero-order valence-corrected chi connectivity index (χ0v) is 16.9. The Kier molecular flexibility index (Phi) is 7.96. The zero-order valence-electron chi connectivity index (χ0n) is 16.9. The Hall–Kier alpha value is -2.05. The standard InChI is InChI=1S/C22H30BF2N2O2/c24-22(25)19-15-18(27-20(19)16-17-12-10-14-26(17)23-27)11-8-6-4-2-1-3-5-7-9-13-21(28)29/h10,12,14-16,19,22H,1-9,11,13H2,(H,28,29). The first-order valence-electron chi connectivity index (χ1n) is 10.8. The Morgan fingerprint density at radius 1 is 1.07 bits per heavy atom. The van der Waals surface area contributed by atoms with Crippen molar-refractivity contribution < 1.29 is 18.7 Å². The fourth-order valence-electron chi connectivity index (χ4n) is 4.14. The number of carbonyl (C=O) groups is 1. The van der Waals surface area contributed by atoms with Crippen LogP contribution < -0.4 is 0 Å². The summed E-state index contributed by atoms with van der Waals surface area (Å²) in [7, 11) is 1.92. The monoisotopic (exact) mass is 403 g/mol. The minimum atomic E-state index is -2.38. The van der Waals surface area contributed by atoms with E-state index >= 15 is 0 Å². The number of fused-ring (bicyclic) bond motifs is 2. The molecule has 3 rings (SSSR count). The van der Waals surface area contributed by atoms with Crippen LogP contribution in [0, 0.1) is 5.92 Å². The summed E-state index contributed by atoms with van der Waals surface area (Å²) >= 11 is 0. The Morgan fingerprint density at radius 3 is 2.38 bits per heavy atom. The molecule has 0 aromatic carbocycles. The van der Waals surface area contributed by atoms with Gasteiger partial charge in [-0.3, -0.25) is 4.79 Å². The molecule has 0 fully saturated rings. The van der Waals surface area contributed by atoms with Gasteiger partial charge >= 0.3 is 13.5 Å². The first kappa shape index (κ1) is 21.7. The number of hydrogen-bond acceptors (Lipinski definition) is 2. The zero-order chi connectivity index (χ0) is 20.6. The number of hydrogen-bond donors (Lipinski definition) is 1. The maximum atomic E-state index is 13.5. The maximum absolute atomic E-state index is 13.5. The highest BCUT2D eigenvalue weighted by Crippen LogP contribution is 2.39. The number of halogens is 2. The third-order valence-electron chi connectivity index (χ3n) is 5.74. The van der Waals surface area contributed by atoms with Crippen molar-refractivity contribution in [2.24, 2.45) is 5.92 Å². The number of unbranched alkanes of at least 4 members (excludes halogenated alkanes) is 8. The van der Waals surface area contributed by atoms with Gasteiger partial charge in [0.15, 0.2) is 0 Å². The molecule has 0 saturated carbocycles. The van der Waals surface area contributed by atoms with Crippen LogP contribution in [-0.4, -0.2) is 34.3 Å². The number of aromatic nitrogens is 1. The van der Waals surface area contributed by atoms with E-state index in [4.69, 9.17) is 5.11 Å². The maximum Gasteiger partial charge on any atom is 0.400 e. The fraction of sp³-hybridized carbons (Fsp3) is 0.591. The molecule has 0 spiro atoms. The first-order valence-corrected chi connectivity index (χ1v) is 10.8. The summed E-state index contributed by atoms with van der Waals surface area (Å²) < 4.78 is 29.0. The molecule has 1 N–H and O–H groups in total. The Morgan fingerprint density at radius 2 is 1.72 bits per heavy atom. The second kappa shape index (κ2) is 10.7. The van der Waals surface area contributed by atoms with Crippen LogP contribution in [0.2, 0.25) is 0 Å². The molecule has 29 heavy (non-hydrogen) atoms. The normalized spacial score (nSPS) is 17.6. The predicted octanol–water partition coefficient (Wildman–Crippen LogP) is 5.68. The van der Waals surface area contributed by atoms with E-state index in [1.165, 1.54) is 12.8 Å². The van der Waals surface area contributed by atoms with Crippen LogP contribution in [0.15, 0.2) is 35.8 Å². The van der Waals surface area contributed by atoms with Gasteiger partial charge in [0.1, 0.15) is 0 Å². The molecule has 1 atom stereocenters. The molecule has 1 aromatic rings. The molecule has 2 aliphatic rings. The number of nitrogens with zero attached hydrogens (tertiary/aromatic N) is 2. The van der Waals surface area contributed by atoms with Crippen LogP contribution in [0.5, 0.6) is 0 Å². The van der Waals surface area contributed by atoms with Gasteiger partial charge in [0, 0.05) is 23.5 Å². The lowest BCUT2D eigenvalue weighted by Crippen LogP contribution is -2.34. The van der Waals surface area contributed by atoms with Crippen molar-refractivity contribution in [3.63, 3.8) is 0 Å². The molecular formula is C22H30BF2N2O2. The topological polar surface area (TPSA) is 45.5 Å². The third-order valence-corrected chi connectivity index (χ3v) is 5.74. The SMILES string of the molecule is O=C(O)CCCCCCCCCCCC1=CC(C(F)F)C2=Cc3cccn3[B]N12. The van der Waals surface area contributed by atoms with Gasteiger partial charge in [0.25, 0.3) is 0 Å². The minimum absolute atomic E-state index is 0.277. The molecule has 1 aromatic heterocycles. The number of aliphatic carboxylic acids is 1. The average molecular weight is 403 g/mol. The summed E-state index contributed by atoms with van der Waals surface area (Å²) in [6, 6.07) is 3.87. The lowest BCUT2D eigenvalue weighted by molar-refractivity contribution is -0.137. The van der Waals surface area contributed by atoms with Gasteiger partial charge in [-0.15, -0.1) is 0 Å². The predicted molar refractivity (Wildman–Crippen MR) is 111 cm³/mol. The molecule has 0 bridgehead atoms. The van der Waals surface area contributed by atoms with E-state index in [1.807, 2.05) is 41.2 Å². The lowest BCUT2D eigenvalue weighted by Gasteiger charge is -2.30. The van der Waals surface area contributed by atoms with E-state index in [0.29, 0.717) is 5.70 Å².